The molecule has 3 aromatic carbocycles. The number of benzene rings is 3. The third kappa shape index (κ3) is 2.67. The molecule has 4 rings (SSSR count). The Morgan fingerprint density at radius 3 is 2.31 bits per heavy atom. The van der Waals surface area contributed by atoms with E-state index in [0.29, 0.717) is 22.8 Å². The maximum Gasteiger partial charge on any atom is 0.178 e. The number of phenolic OH excluding ortho intramolecular Hbond substituents is 1. The van der Waals surface area contributed by atoms with Crippen LogP contribution in [0.25, 0.3) is 0 Å². The summed E-state index contributed by atoms with van der Waals surface area (Å²) in [5, 5.41) is 29.5. The van der Waals surface area contributed by atoms with Gasteiger partial charge in [0.2, 0.25) is 0 Å². The first-order chi connectivity index (χ1) is 12.6. The highest BCUT2D eigenvalue weighted by molar-refractivity contribution is 5.61. The van der Waals surface area contributed by atoms with Crippen molar-refractivity contribution in [1.82, 2.24) is 0 Å². The maximum absolute atomic E-state index is 9.85. The second-order valence-corrected chi connectivity index (χ2v) is 6.16. The van der Waals surface area contributed by atoms with Gasteiger partial charge in [-0.3, -0.25) is 0 Å². The minimum Gasteiger partial charge on any atom is -0.508 e. The second-order valence-electron chi connectivity index (χ2n) is 6.16. The van der Waals surface area contributed by atoms with E-state index in [1.807, 2.05) is 24.3 Å². The van der Waals surface area contributed by atoms with Gasteiger partial charge in [-0.2, -0.15) is 0 Å². The number of ether oxygens (including phenoxy) is 2. The standard InChI is InChI=1S/C21H18O5/c1-25-13-7-9-17-19(11-13)26-18-10-12(22)6-8-16(18)20(17)14-4-2-3-5-15(14)21(23)24/h2-11,20-24H,1H3. The van der Waals surface area contributed by atoms with Gasteiger partial charge in [0.15, 0.2) is 6.29 Å². The maximum atomic E-state index is 9.85. The number of aliphatic hydroxyl groups is 2. The van der Waals surface area contributed by atoms with E-state index in [1.165, 1.54) is 0 Å². The summed E-state index contributed by atoms with van der Waals surface area (Å²) >= 11 is 0. The Kier molecular flexibility index (Phi) is 4.03. The van der Waals surface area contributed by atoms with E-state index in [4.69, 9.17) is 9.47 Å². The molecule has 3 aromatic rings. The van der Waals surface area contributed by atoms with Gasteiger partial charge in [-0.25, -0.2) is 0 Å². The molecular formula is C21H18O5. The number of phenols is 1. The Hall–Kier alpha value is -3.02. The molecule has 26 heavy (non-hydrogen) atoms. The number of aromatic hydroxyl groups is 1. The Morgan fingerprint density at radius 1 is 0.885 bits per heavy atom. The van der Waals surface area contributed by atoms with Gasteiger partial charge in [0.25, 0.3) is 0 Å². The van der Waals surface area contributed by atoms with E-state index in [-0.39, 0.29) is 11.7 Å². The van der Waals surface area contributed by atoms with Crippen molar-refractivity contribution in [3.8, 4) is 23.0 Å². The summed E-state index contributed by atoms with van der Waals surface area (Å²) in [5.41, 5.74) is 2.93. The fraction of sp³-hybridized carbons (Fsp3) is 0.143. The van der Waals surface area contributed by atoms with E-state index in [9.17, 15) is 15.3 Å². The summed E-state index contributed by atoms with van der Waals surface area (Å²) in [5.74, 6) is 1.62. The quantitative estimate of drug-likeness (QED) is 0.491. The molecule has 1 atom stereocenters. The molecule has 0 saturated heterocycles. The van der Waals surface area contributed by atoms with Crippen molar-refractivity contribution >= 4 is 0 Å². The lowest BCUT2D eigenvalue weighted by atomic mass is 9.80. The molecule has 0 aliphatic carbocycles. The molecule has 0 fully saturated rings. The first-order valence-corrected chi connectivity index (χ1v) is 8.22. The smallest absolute Gasteiger partial charge is 0.178 e. The van der Waals surface area contributed by atoms with Crippen LogP contribution in [0.1, 0.15) is 34.5 Å². The summed E-state index contributed by atoms with van der Waals surface area (Å²) < 4.78 is 11.3. The van der Waals surface area contributed by atoms with Crippen molar-refractivity contribution in [1.29, 1.82) is 0 Å². The molecule has 0 aromatic heterocycles. The second kappa shape index (κ2) is 6.37. The molecular weight excluding hydrogens is 332 g/mol. The van der Waals surface area contributed by atoms with Gasteiger partial charge < -0.3 is 24.8 Å². The predicted octanol–water partition coefficient (Wildman–Crippen LogP) is 3.67. The summed E-state index contributed by atoms with van der Waals surface area (Å²) in [6, 6.07) is 17.7. The number of hydrogen-bond donors (Lipinski definition) is 3. The average molecular weight is 350 g/mol. The Balaban J connectivity index is 1.98. The Labute approximate surface area is 150 Å². The van der Waals surface area contributed by atoms with Gasteiger partial charge in [-0.1, -0.05) is 36.4 Å². The molecule has 0 spiro atoms. The summed E-state index contributed by atoms with van der Waals surface area (Å²) in [4.78, 5) is 0. The third-order valence-corrected chi connectivity index (χ3v) is 4.64. The largest absolute Gasteiger partial charge is 0.508 e. The Morgan fingerprint density at radius 2 is 1.58 bits per heavy atom. The van der Waals surface area contributed by atoms with Crippen molar-refractivity contribution in [2.24, 2.45) is 0 Å². The van der Waals surface area contributed by atoms with Crippen molar-refractivity contribution in [2.45, 2.75) is 12.2 Å². The molecule has 0 radical (unpaired) electrons. The summed E-state index contributed by atoms with van der Waals surface area (Å²) in [6.07, 6.45) is -1.59. The predicted molar refractivity (Wildman–Crippen MR) is 95.7 cm³/mol. The van der Waals surface area contributed by atoms with E-state index in [2.05, 4.69) is 0 Å². The molecule has 1 aliphatic rings. The van der Waals surface area contributed by atoms with Crippen LogP contribution in [0.5, 0.6) is 23.0 Å². The monoisotopic (exact) mass is 350 g/mol. The lowest BCUT2D eigenvalue weighted by molar-refractivity contribution is -0.0431. The fourth-order valence-electron chi connectivity index (χ4n) is 3.45. The Bertz CT molecular complexity index is 964. The molecule has 0 amide bonds. The molecule has 5 heteroatoms. The van der Waals surface area contributed by atoms with Crippen LogP contribution in [0, 0.1) is 0 Å². The number of aliphatic hydroxyl groups excluding tert-OH is 1. The zero-order valence-corrected chi connectivity index (χ0v) is 14.1. The molecule has 1 aliphatic heterocycles. The molecule has 1 unspecified atom stereocenters. The van der Waals surface area contributed by atoms with Crippen LogP contribution in [0.4, 0.5) is 0 Å². The zero-order chi connectivity index (χ0) is 18.3. The summed E-state index contributed by atoms with van der Waals surface area (Å²) in [6.45, 7) is 0. The highest BCUT2D eigenvalue weighted by Gasteiger charge is 2.31. The number of hydrogen-bond acceptors (Lipinski definition) is 5. The molecule has 5 nitrogen and oxygen atoms in total. The van der Waals surface area contributed by atoms with Crippen LogP contribution < -0.4 is 9.47 Å². The SMILES string of the molecule is COc1ccc2c(c1)Oc1cc(O)ccc1C2c1ccccc1C(O)O. The van der Waals surface area contributed by atoms with E-state index >= 15 is 0 Å². The van der Waals surface area contributed by atoms with Crippen molar-refractivity contribution in [3.63, 3.8) is 0 Å². The lowest BCUT2D eigenvalue weighted by Gasteiger charge is -2.30. The van der Waals surface area contributed by atoms with Crippen LogP contribution in [-0.4, -0.2) is 22.4 Å². The first kappa shape index (κ1) is 16.4. The van der Waals surface area contributed by atoms with Crippen LogP contribution >= 0.6 is 0 Å². The zero-order valence-electron chi connectivity index (χ0n) is 14.1. The topological polar surface area (TPSA) is 79.2 Å². The molecule has 0 saturated carbocycles. The van der Waals surface area contributed by atoms with Crippen LogP contribution in [0.2, 0.25) is 0 Å². The van der Waals surface area contributed by atoms with Crippen molar-refractivity contribution in [2.75, 3.05) is 7.11 Å². The third-order valence-electron chi connectivity index (χ3n) is 4.64. The first-order valence-electron chi connectivity index (χ1n) is 8.22. The number of methoxy groups -OCH3 is 1. The van der Waals surface area contributed by atoms with Gasteiger partial charge in [0.05, 0.1) is 7.11 Å². The van der Waals surface area contributed by atoms with Gasteiger partial charge in [0.1, 0.15) is 23.0 Å². The highest BCUT2D eigenvalue weighted by Crippen LogP contribution is 2.50. The molecule has 0 bridgehead atoms. The van der Waals surface area contributed by atoms with Crippen LogP contribution in [0.15, 0.2) is 60.7 Å². The number of fused-ring (bicyclic) bond motifs is 2. The lowest BCUT2D eigenvalue weighted by Crippen LogP contribution is -2.14. The fourth-order valence-corrected chi connectivity index (χ4v) is 3.45. The van der Waals surface area contributed by atoms with Crippen LogP contribution in [-0.2, 0) is 0 Å². The average Bonchev–Trinajstić information content (AvgIpc) is 2.65. The van der Waals surface area contributed by atoms with E-state index in [0.717, 1.165) is 16.7 Å². The van der Waals surface area contributed by atoms with Gasteiger partial charge in [-0.05, 0) is 17.7 Å². The molecule has 132 valence electrons. The minimum atomic E-state index is -1.59. The van der Waals surface area contributed by atoms with Crippen LogP contribution in [0.3, 0.4) is 0 Å². The van der Waals surface area contributed by atoms with Gasteiger partial charge in [0, 0.05) is 34.7 Å². The van der Waals surface area contributed by atoms with Crippen molar-refractivity contribution < 1.29 is 24.8 Å². The van der Waals surface area contributed by atoms with E-state index < -0.39 is 6.29 Å². The number of rotatable bonds is 3. The molecule has 3 N–H and O–H groups in total. The molecule has 1 heterocycles. The normalized spacial score (nSPS) is 15.2. The minimum absolute atomic E-state index is 0.101. The highest BCUT2D eigenvalue weighted by atomic mass is 16.5. The van der Waals surface area contributed by atoms with Gasteiger partial charge >= 0.3 is 0 Å². The summed E-state index contributed by atoms with van der Waals surface area (Å²) in [7, 11) is 1.58. The van der Waals surface area contributed by atoms with Gasteiger partial charge in [-0.15, -0.1) is 0 Å². The van der Waals surface area contributed by atoms with Crippen molar-refractivity contribution in [3.05, 3.63) is 82.9 Å². The van der Waals surface area contributed by atoms with E-state index in [1.54, 1.807) is 43.5 Å².